The summed E-state index contributed by atoms with van der Waals surface area (Å²) < 4.78 is 2.11. The molecule has 98 valence electrons. The van der Waals surface area contributed by atoms with E-state index in [4.69, 9.17) is 0 Å². The van der Waals surface area contributed by atoms with Crippen molar-refractivity contribution in [2.75, 3.05) is 6.54 Å². The highest BCUT2D eigenvalue weighted by Crippen LogP contribution is 2.11. The number of hydrogen-bond donors (Lipinski definition) is 1. The molecular formula is C14H27N3. The Morgan fingerprint density at radius 3 is 2.59 bits per heavy atom. The molecule has 0 aliphatic heterocycles. The SMILES string of the molecule is CCn1nc(C)cc1CC(C)CNC(C)(C)C. The lowest BCUT2D eigenvalue weighted by Crippen LogP contribution is -2.39. The molecule has 1 heterocycles. The Morgan fingerprint density at radius 1 is 1.41 bits per heavy atom. The van der Waals surface area contributed by atoms with Gasteiger partial charge in [0, 0.05) is 17.8 Å². The molecule has 1 atom stereocenters. The second-order valence-corrected chi connectivity index (χ2v) is 6.03. The van der Waals surface area contributed by atoms with Gasteiger partial charge in [-0.25, -0.2) is 0 Å². The van der Waals surface area contributed by atoms with Crippen LogP contribution in [0.1, 0.15) is 46.0 Å². The summed E-state index contributed by atoms with van der Waals surface area (Å²) in [5.74, 6) is 0.635. The van der Waals surface area contributed by atoms with Gasteiger partial charge in [0.1, 0.15) is 0 Å². The molecule has 1 N–H and O–H groups in total. The maximum absolute atomic E-state index is 4.49. The van der Waals surface area contributed by atoms with Crippen molar-refractivity contribution in [3.63, 3.8) is 0 Å². The summed E-state index contributed by atoms with van der Waals surface area (Å²) in [4.78, 5) is 0. The molecule has 0 bridgehead atoms. The van der Waals surface area contributed by atoms with Crippen molar-refractivity contribution in [1.82, 2.24) is 15.1 Å². The van der Waals surface area contributed by atoms with Gasteiger partial charge in [0.25, 0.3) is 0 Å². The zero-order valence-electron chi connectivity index (χ0n) is 12.2. The maximum Gasteiger partial charge on any atom is 0.0596 e. The zero-order chi connectivity index (χ0) is 13.1. The molecule has 0 saturated carbocycles. The highest BCUT2D eigenvalue weighted by atomic mass is 15.3. The minimum Gasteiger partial charge on any atom is -0.312 e. The predicted molar refractivity (Wildman–Crippen MR) is 73.3 cm³/mol. The lowest BCUT2D eigenvalue weighted by molar-refractivity contribution is 0.377. The molecule has 3 heteroatoms. The molecule has 0 saturated heterocycles. The molecule has 0 spiro atoms. The van der Waals surface area contributed by atoms with Crippen LogP contribution < -0.4 is 5.32 Å². The van der Waals surface area contributed by atoms with Crippen LogP contribution in [0.25, 0.3) is 0 Å². The van der Waals surface area contributed by atoms with Gasteiger partial charge in [0.15, 0.2) is 0 Å². The number of nitrogens with zero attached hydrogens (tertiary/aromatic N) is 2. The van der Waals surface area contributed by atoms with E-state index in [1.54, 1.807) is 0 Å². The number of aromatic nitrogens is 2. The average molecular weight is 237 g/mol. The number of nitrogens with one attached hydrogen (secondary N) is 1. The molecule has 0 aromatic carbocycles. The minimum atomic E-state index is 0.204. The van der Waals surface area contributed by atoms with Gasteiger partial charge in [-0.1, -0.05) is 6.92 Å². The topological polar surface area (TPSA) is 29.9 Å². The fourth-order valence-electron chi connectivity index (χ4n) is 1.95. The third kappa shape index (κ3) is 4.90. The molecule has 1 aromatic heterocycles. The molecule has 0 amide bonds. The van der Waals surface area contributed by atoms with Gasteiger partial charge in [-0.2, -0.15) is 5.10 Å². The summed E-state index contributed by atoms with van der Waals surface area (Å²) in [6, 6.07) is 2.21. The second kappa shape index (κ2) is 5.67. The van der Waals surface area contributed by atoms with E-state index in [2.05, 4.69) is 62.7 Å². The van der Waals surface area contributed by atoms with E-state index in [1.807, 2.05) is 0 Å². The molecule has 1 aromatic rings. The van der Waals surface area contributed by atoms with Crippen molar-refractivity contribution >= 4 is 0 Å². The van der Waals surface area contributed by atoms with E-state index in [9.17, 15) is 0 Å². The van der Waals surface area contributed by atoms with Crippen molar-refractivity contribution in [3.05, 3.63) is 17.5 Å². The molecule has 1 unspecified atom stereocenters. The first kappa shape index (κ1) is 14.2. The normalized spacial score (nSPS) is 14.0. The first-order valence-corrected chi connectivity index (χ1v) is 6.60. The van der Waals surface area contributed by atoms with Crippen LogP contribution in [0.3, 0.4) is 0 Å². The Kier molecular flexibility index (Phi) is 4.75. The Bertz CT molecular complexity index is 347. The summed E-state index contributed by atoms with van der Waals surface area (Å²) in [6.07, 6.45) is 1.10. The van der Waals surface area contributed by atoms with E-state index in [0.717, 1.165) is 25.2 Å². The molecule has 3 nitrogen and oxygen atoms in total. The molecule has 0 aliphatic rings. The van der Waals surface area contributed by atoms with Gasteiger partial charge in [-0.15, -0.1) is 0 Å². The standard InChI is InChI=1S/C14H27N3/c1-7-17-13(9-12(3)16-17)8-11(2)10-15-14(4,5)6/h9,11,15H,7-8,10H2,1-6H3. The van der Waals surface area contributed by atoms with Gasteiger partial charge in [0.2, 0.25) is 0 Å². The van der Waals surface area contributed by atoms with Gasteiger partial charge < -0.3 is 5.32 Å². The van der Waals surface area contributed by atoms with Crippen LogP contribution in [-0.4, -0.2) is 21.9 Å². The van der Waals surface area contributed by atoms with Crippen molar-refractivity contribution in [3.8, 4) is 0 Å². The van der Waals surface area contributed by atoms with E-state index in [1.165, 1.54) is 5.69 Å². The van der Waals surface area contributed by atoms with Crippen molar-refractivity contribution in [2.45, 2.75) is 60.0 Å². The Hall–Kier alpha value is -0.830. The van der Waals surface area contributed by atoms with E-state index in [0.29, 0.717) is 5.92 Å². The maximum atomic E-state index is 4.49. The van der Waals surface area contributed by atoms with Gasteiger partial charge >= 0.3 is 0 Å². The third-order valence-corrected chi connectivity index (χ3v) is 2.82. The molecule has 0 radical (unpaired) electrons. The monoisotopic (exact) mass is 237 g/mol. The lowest BCUT2D eigenvalue weighted by atomic mass is 10.0. The number of aryl methyl sites for hydroxylation is 2. The van der Waals surface area contributed by atoms with E-state index in [-0.39, 0.29) is 5.54 Å². The summed E-state index contributed by atoms with van der Waals surface area (Å²) in [5, 5.41) is 8.04. The third-order valence-electron chi connectivity index (χ3n) is 2.82. The molecular weight excluding hydrogens is 210 g/mol. The highest BCUT2D eigenvalue weighted by Gasteiger charge is 2.13. The van der Waals surface area contributed by atoms with Crippen LogP contribution in [0.4, 0.5) is 0 Å². The fraction of sp³-hybridized carbons (Fsp3) is 0.786. The van der Waals surface area contributed by atoms with Gasteiger partial charge in [-0.3, -0.25) is 4.68 Å². The quantitative estimate of drug-likeness (QED) is 0.853. The summed E-state index contributed by atoms with van der Waals surface area (Å²) >= 11 is 0. The van der Waals surface area contributed by atoms with Crippen LogP contribution in [0.15, 0.2) is 6.07 Å². The summed E-state index contributed by atoms with van der Waals surface area (Å²) in [6.45, 7) is 15.1. The van der Waals surface area contributed by atoms with Crippen molar-refractivity contribution < 1.29 is 0 Å². The van der Waals surface area contributed by atoms with Crippen LogP contribution in [0, 0.1) is 12.8 Å². The lowest BCUT2D eigenvalue weighted by Gasteiger charge is -2.23. The summed E-state index contributed by atoms with van der Waals surface area (Å²) in [5.41, 5.74) is 2.68. The average Bonchev–Trinajstić information content (AvgIpc) is 2.55. The Morgan fingerprint density at radius 2 is 2.06 bits per heavy atom. The first-order chi connectivity index (χ1) is 7.81. The second-order valence-electron chi connectivity index (χ2n) is 6.03. The molecule has 0 fully saturated rings. The van der Waals surface area contributed by atoms with Crippen molar-refractivity contribution in [2.24, 2.45) is 5.92 Å². The number of rotatable bonds is 5. The van der Waals surface area contributed by atoms with Crippen LogP contribution in [-0.2, 0) is 13.0 Å². The van der Waals surface area contributed by atoms with Crippen LogP contribution >= 0.6 is 0 Å². The van der Waals surface area contributed by atoms with Gasteiger partial charge in [-0.05, 0) is 59.6 Å². The number of hydrogen-bond acceptors (Lipinski definition) is 2. The fourth-order valence-corrected chi connectivity index (χ4v) is 1.95. The van der Waals surface area contributed by atoms with Crippen LogP contribution in [0.5, 0.6) is 0 Å². The largest absolute Gasteiger partial charge is 0.312 e. The van der Waals surface area contributed by atoms with E-state index < -0.39 is 0 Å². The summed E-state index contributed by atoms with van der Waals surface area (Å²) in [7, 11) is 0. The first-order valence-electron chi connectivity index (χ1n) is 6.60. The molecule has 1 rings (SSSR count). The molecule has 0 aliphatic carbocycles. The molecule has 17 heavy (non-hydrogen) atoms. The van der Waals surface area contributed by atoms with Crippen molar-refractivity contribution in [1.29, 1.82) is 0 Å². The zero-order valence-corrected chi connectivity index (χ0v) is 12.2. The Balaban J connectivity index is 2.52. The predicted octanol–water partition coefficient (Wildman–Crippen LogP) is 2.78. The minimum absolute atomic E-state index is 0.204. The van der Waals surface area contributed by atoms with Crippen LogP contribution in [0.2, 0.25) is 0 Å². The smallest absolute Gasteiger partial charge is 0.0596 e. The van der Waals surface area contributed by atoms with Gasteiger partial charge in [0.05, 0.1) is 5.69 Å². The van der Waals surface area contributed by atoms with E-state index >= 15 is 0 Å². The Labute approximate surface area is 106 Å². The highest BCUT2D eigenvalue weighted by molar-refractivity contribution is 5.09.